The fraction of sp³-hybridized carbons (Fsp3) is 0.214. The average Bonchev–Trinajstić information content (AvgIpc) is 3.22. The lowest BCUT2D eigenvalue weighted by Gasteiger charge is -2.02. The predicted octanol–water partition coefficient (Wildman–Crippen LogP) is 4.27. The SMILES string of the molecule is Cn1c(Cc2cccs2)nnc1SCC(=O)c1ccc(Br)s1. The molecule has 0 aliphatic heterocycles. The van der Waals surface area contributed by atoms with Gasteiger partial charge < -0.3 is 4.57 Å². The molecule has 0 saturated heterocycles. The van der Waals surface area contributed by atoms with Crippen molar-refractivity contribution < 1.29 is 4.79 Å². The number of rotatable bonds is 6. The molecule has 0 amide bonds. The minimum absolute atomic E-state index is 0.114. The maximum absolute atomic E-state index is 12.1. The molecule has 0 saturated carbocycles. The van der Waals surface area contributed by atoms with E-state index in [4.69, 9.17) is 0 Å². The van der Waals surface area contributed by atoms with Gasteiger partial charge in [-0.1, -0.05) is 17.8 Å². The summed E-state index contributed by atoms with van der Waals surface area (Å²) in [7, 11) is 1.94. The van der Waals surface area contributed by atoms with E-state index in [1.165, 1.54) is 28.0 Å². The molecule has 3 rings (SSSR count). The van der Waals surface area contributed by atoms with Crippen LogP contribution in [0.5, 0.6) is 0 Å². The van der Waals surface area contributed by atoms with Gasteiger partial charge in [0.1, 0.15) is 5.82 Å². The Morgan fingerprint density at radius 2 is 2.23 bits per heavy atom. The second-order valence-electron chi connectivity index (χ2n) is 4.53. The number of thioether (sulfide) groups is 1. The van der Waals surface area contributed by atoms with Gasteiger partial charge >= 0.3 is 0 Å². The molecule has 0 radical (unpaired) electrons. The van der Waals surface area contributed by atoms with Gasteiger partial charge in [-0.3, -0.25) is 4.79 Å². The molecule has 22 heavy (non-hydrogen) atoms. The normalized spacial score (nSPS) is 11.0. The fourth-order valence-corrected chi connectivity index (χ4v) is 4.79. The van der Waals surface area contributed by atoms with Crippen LogP contribution in [0.25, 0.3) is 0 Å². The van der Waals surface area contributed by atoms with Crippen molar-refractivity contribution in [3.8, 4) is 0 Å². The van der Waals surface area contributed by atoms with E-state index in [1.807, 2.05) is 29.8 Å². The van der Waals surface area contributed by atoms with Crippen LogP contribution in [0.15, 0.2) is 38.6 Å². The minimum atomic E-state index is 0.114. The fourth-order valence-electron chi connectivity index (χ4n) is 1.86. The maximum atomic E-state index is 12.1. The molecule has 0 atom stereocenters. The second-order valence-corrected chi connectivity index (χ2v) is 8.97. The van der Waals surface area contributed by atoms with Crippen LogP contribution in [0.2, 0.25) is 0 Å². The van der Waals surface area contributed by atoms with E-state index in [9.17, 15) is 4.79 Å². The number of Topliss-reactive ketones (excluding diaryl/α,β-unsaturated/α-hetero) is 1. The second kappa shape index (κ2) is 7.08. The van der Waals surface area contributed by atoms with Crippen LogP contribution in [0.1, 0.15) is 20.4 Å². The van der Waals surface area contributed by atoms with Crippen LogP contribution in [0, 0.1) is 0 Å². The van der Waals surface area contributed by atoms with E-state index in [2.05, 4.69) is 37.6 Å². The Morgan fingerprint density at radius 3 is 2.91 bits per heavy atom. The number of thiophene rings is 2. The van der Waals surface area contributed by atoms with Gasteiger partial charge in [0.2, 0.25) is 0 Å². The van der Waals surface area contributed by atoms with E-state index in [0.717, 1.165) is 26.1 Å². The van der Waals surface area contributed by atoms with E-state index in [-0.39, 0.29) is 5.78 Å². The molecule has 0 aliphatic rings. The van der Waals surface area contributed by atoms with Crippen LogP contribution in [-0.4, -0.2) is 26.3 Å². The number of halogens is 1. The highest BCUT2D eigenvalue weighted by atomic mass is 79.9. The molecule has 0 spiro atoms. The molecule has 0 N–H and O–H groups in total. The highest BCUT2D eigenvalue weighted by Crippen LogP contribution is 2.25. The summed E-state index contributed by atoms with van der Waals surface area (Å²) >= 11 is 7.96. The molecule has 0 unspecified atom stereocenters. The van der Waals surface area contributed by atoms with Crippen molar-refractivity contribution in [1.82, 2.24) is 14.8 Å². The molecule has 3 aromatic rings. The number of hydrogen-bond acceptors (Lipinski definition) is 6. The summed E-state index contributed by atoms with van der Waals surface area (Å²) in [5.41, 5.74) is 0. The number of hydrogen-bond donors (Lipinski definition) is 0. The first-order valence-corrected chi connectivity index (χ1v) is 9.93. The third-order valence-electron chi connectivity index (χ3n) is 3.02. The monoisotopic (exact) mass is 413 g/mol. The Hall–Kier alpha value is -0.960. The Labute approximate surface area is 148 Å². The topological polar surface area (TPSA) is 47.8 Å². The Bertz CT molecular complexity index is 779. The van der Waals surface area contributed by atoms with Crippen LogP contribution in [-0.2, 0) is 13.5 Å². The summed E-state index contributed by atoms with van der Waals surface area (Å²) in [5.74, 6) is 1.40. The summed E-state index contributed by atoms with van der Waals surface area (Å²) in [4.78, 5) is 14.1. The van der Waals surface area contributed by atoms with Crippen molar-refractivity contribution in [3.05, 3.63) is 49.0 Å². The first-order chi connectivity index (χ1) is 10.6. The molecule has 4 nitrogen and oxygen atoms in total. The molecular weight excluding hydrogens is 402 g/mol. The first kappa shape index (κ1) is 15.9. The third kappa shape index (κ3) is 3.68. The lowest BCUT2D eigenvalue weighted by Crippen LogP contribution is -2.03. The minimum Gasteiger partial charge on any atom is -0.309 e. The molecule has 8 heteroatoms. The molecule has 114 valence electrons. The van der Waals surface area contributed by atoms with E-state index < -0.39 is 0 Å². The summed E-state index contributed by atoms with van der Waals surface area (Å²) in [6, 6.07) is 7.86. The number of carbonyl (C=O) groups excluding carboxylic acids is 1. The van der Waals surface area contributed by atoms with Gasteiger partial charge in [-0.25, -0.2) is 0 Å². The summed E-state index contributed by atoms with van der Waals surface area (Å²) in [5, 5.41) is 11.2. The van der Waals surface area contributed by atoms with Crippen LogP contribution >= 0.6 is 50.4 Å². The Kier molecular flexibility index (Phi) is 5.12. The molecule has 0 bridgehead atoms. The Morgan fingerprint density at radius 1 is 1.36 bits per heavy atom. The van der Waals surface area contributed by atoms with E-state index in [0.29, 0.717) is 5.75 Å². The van der Waals surface area contributed by atoms with Crippen LogP contribution in [0.4, 0.5) is 0 Å². The maximum Gasteiger partial charge on any atom is 0.191 e. The van der Waals surface area contributed by atoms with Crippen molar-refractivity contribution in [3.63, 3.8) is 0 Å². The third-order valence-corrected chi connectivity index (χ3v) is 6.58. The predicted molar refractivity (Wildman–Crippen MR) is 95.2 cm³/mol. The number of aromatic nitrogens is 3. The summed E-state index contributed by atoms with van der Waals surface area (Å²) < 4.78 is 2.93. The van der Waals surface area contributed by atoms with Crippen LogP contribution < -0.4 is 0 Å². The molecule has 0 aromatic carbocycles. The van der Waals surface area contributed by atoms with Gasteiger partial charge in [-0.2, -0.15) is 0 Å². The molecular formula is C14H12BrN3OS3. The summed E-state index contributed by atoms with van der Waals surface area (Å²) in [6.45, 7) is 0. The van der Waals surface area contributed by atoms with Gasteiger partial charge in [0.15, 0.2) is 10.9 Å². The molecule has 3 heterocycles. The van der Waals surface area contributed by atoms with E-state index in [1.54, 1.807) is 11.3 Å². The molecule has 0 aliphatic carbocycles. The van der Waals surface area contributed by atoms with Crippen molar-refractivity contribution in [1.29, 1.82) is 0 Å². The van der Waals surface area contributed by atoms with Crippen LogP contribution in [0.3, 0.4) is 0 Å². The van der Waals surface area contributed by atoms with Crippen molar-refractivity contribution in [2.24, 2.45) is 7.05 Å². The van der Waals surface area contributed by atoms with Gasteiger partial charge in [0.05, 0.1) is 14.4 Å². The lowest BCUT2D eigenvalue weighted by atomic mass is 10.3. The van der Waals surface area contributed by atoms with Crippen molar-refractivity contribution in [2.75, 3.05) is 5.75 Å². The number of carbonyl (C=O) groups is 1. The van der Waals surface area contributed by atoms with Gasteiger partial charge in [-0.15, -0.1) is 32.9 Å². The smallest absolute Gasteiger partial charge is 0.191 e. The van der Waals surface area contributed by atoms with Gasteiger partial charge in [-0.05, 0) is 39.5 Å². The zero-order chi connectivity index (χ0) is 15.5. The number of ketones is 1. The first-order valence-electron chi connectivity index (χ1n) is 6.45. The largest absolute Gasteiger partial charge is 0.309 e. The zero-order valence-corrected chi connectivity index (χ0v) is 15.7. The highest BCUT2D eigenvalue weighted by molar-refractivity contribution is 9.11. The molecule has 3 aromatic heterocycles. The standard InChI is InChI=1S/C14H12BrN3OS3/c1-18-13(7-9-3-2-6-20-9)16-17-14(18)21-8-10(19)11-4-5-12(15)22-11/h2-6H,7-8H2,1H3. The number of nitrogens with zero attached hydrogens (tertiary/aromatic N) is 3. The highest BCUT2D eigenvalue weighted by Gasteiger charge is 2.14. The quantitative estimate of drug-likeness (QED) is 0.447. The van der Waals surface area contributed by atoms with E-state index >= 15 is 0 Å². The van der Waals surface area contributed by atoms with Crippen molar-refractivity contribution >= 4 is 56.1 Å². The molecule has 0 fully saturated rings. The average molecular weight is 414 g/mol. The lowest BCUT2D eigenvalue weighted by molar-refractivity contribution is 0.102. The summed E-state index contributed by atoms with van der Waals surface area (Å²) in [6.07, 6.45) is 0.771. The Balaban J connectivity index is 1.63. The van der Waals surface area contributed by atoms with Gasteiger partial charge in [0, 0.05) is 18.3 Å². The van der Waals surface area contributed by atoms with Crippen molar-refractivity contribution in [2.45, 2.75) is 11.6 Å². The van der Waals surface area contributed by atoms with Gasteiger partial charge in [0.25, 0.3) is 0 Å². The zero-order valence-electron chi connectivity index (χ0n) is 11.7.